The van der Waals surface area contributed by atoms with E-state index in [9.17, 15) is 0 Å². The maximum atomic E-state index is 5.37. The first kappa shape index (κ1) is 6.71. The summed E-state index contributed by atoms with van der Waals surface area (Å²) in [7, 11) is 0. The molecule has 2 heterocycles. The van der Waals surface area contributed by atoms with Crippen molar-refractivity contribution in [2.75, 3.05) is 5.73 Å². The van der Waals surface area contributed by atoms with Crippen molar-refractivity contribution < 1.29 is 0 Å². The smallest absolute Gasteiger partial charge is 0.177 e. The molecule has 6 heteroatoms. The second-order valence-electron chi connectivity index (χ2n) is 2.17. The standard InChI is InChI=1S/C6H6N6/c7-5-4-12(11-9-5)6-2-1-3-8-10-6/h1-4H,7H2. The SMILES string of the molecule is Nc1cn(-c2cccnn2)nn1. The maximum absolute atomic E-state index is 5.37. The Balaban J connectivity index is 2.45. The Morgan fingerprint density at radius 2 is 2.25 bits per heavy atom. The van der Waals surface area contributed by atoms with E-state index in [1.54, 1.807) is 24.5 Å². The first-order valence-corrected chi connectivity index (χ1v) is 3.32. The van der Waals surface area contributed by atoms with Gasteiger partial charge in [-0.25, -0.2) is 0 Å². The average molecular weight is 162 g/mol. The molecular weight excluding hydrogens is 156 g/mol. The summed E-state index contributed by atoms with van der Waals surface area (Å²) >= 11 is 0. The molecule has 0 fully saturated rings. The van der Waals surface area contributed by atoms with Crippen molar-refractivity contribution in [1.29, 1.82) is 0 Å². The molecule has 0 aliphatic rings. The summed E-state index contributed by atoms with van der Waals surface area (Å²) in [6, 6.07) is 3.53. The van der Waals surface area contributed by atoms with Crippen LogP contribution in [0.5, 0.6) is 0 Å². The van der Waals surface area contributed by atoms with E-state index in [1.807, 2.05) is 0 Å². The summed E-state index contributed by atoms with van der Waals surface area (Å²) < 4.78 is 1.46. The molecule has 2 aromatic heterocycles. The van der Waals surface area contributed by atoms with Crippen LogP contribution < -0.4 is 5.73 Å². The van der Waals surface area contributed by atoms with Crippen LogP contribution in [0.15, 0.2) is 24.5 Å². The predicted molar refractivity (Wildman–Crippen MR) is 41.4 cm³/mol. The first-order valence-electron chi connectivity index (χ1n) is 3.32. The third-order valence-corrected chi connectivity index (χ3v) is 1.30. The topological polar surface area (TPSA) is 82.5 Å². The van der Waals surface area contributed by atoms with E-state index in [2.05, 4.69) is 20.5 Å². The second-order valence-corrected chi connectivity index (χ2v) is 2.17. The van der Waals surface area contributed by atoms with Gasteiger partial charge in [-0.2, -0.15) is 9.78 Å². The minimum Gasteiger partial charge on any atom is -0.381 e. The molecular formula is C6H6N6. The van der Waals surface area contributed by atoms with Crippen LogP contribution in [0.3, 0.4) is 0 Å². The van der Waals surface area contributed by atoms with Gasteiger partial charge >= 0.3 is 0 Å². The lowest BCUT2D eigenvalue weighted by molar-refractivity contribution is 0.763. The van der Waals surface area contributed by atoms with Crippen LogP contribution in [-0.2, 0) is 0 Å². The Hall–Kier alpha value is -1.98. The zero-order valence-corrected chi connectivity index (χ0v) is 6.12. The van der Waals surface area contributed by atoms with Gasteiger partial charge in [-0.1, -0.05) is 5.21 Å². The highest BCUT2D eigenvalue weighted by molar-refractivity contribution is 5.26. The van der Waals surface area contributed by atoms with E-state index in [4.69, 9.17) is 5.73 Å². The van der Waals surface area contributed by atoms with Gasteiger partial charge in [0.05, 0.1) is 6.20 Å². The molecule has 0 spiro atoms. The predicted octanol–water partition coefficient (Wildman–Crippen LogP) is -0.361. The normalized spacial score (nSPS) is 10.0. The number of aromatic nitrogens is 5. The minimum atomic E-state index is 0.362. The lowest BCUT2D eigenvalue weighted by Gasteiger charge is -1.93. The van der Waals surface area contributed by atoms with Gasteiger partial charge in [0, 0.05) is 6.20 Å². The van der Waals surface area contributed by atoms with Crippen molar-refractivity contribution in [3.05, 3.63) is 24.5 Å². The molecule has 0 saturated heterocycles. The van der Waals surface area contributed by atoms with Crippen LogP contribution in [0.1, 0.15) is 0 Å². The Kier molecular flexibility index (Phi) is 1.44. The van der Waals surface area contributed by atoms with E-state index in [0.717, 1.165) is 0 Å². The maximum Gasteiger partial charge on any atom is 0.177 e. The summed E-state index contributed by atoms with van der Waals surface area (Å²) in [5.74, 6) is 0.961. The van der Waals surface area contributed by atoms with Crippen molar-refractivity contribution in [2.45, 2.75) is 0 Å². The average Bonchev–Trinajstić information content (AvgIpc) is 2.54. The Morgan fingerprint density at radius 1 is 1.33 bits per heavy atom. The third kappa shape index (κ3) is 1.09. The van der Waals surface area contributed by atoms with Gasteiger partial charge in [0.15, 0.2) is 11.6 Å². The van der Waals surface area contributed by atoms with E-state index in [-0.39, 0.29) is 0 Å². The van der Waals surface area contributed by atoms with Crippen molar-refractivity contribution in [1.82, 2.24) is 25.2 Å². The molecule has 2 aromatic rings. The molecule has 6 nitrogen and oxygen atoms in total. The largest absolute Gasteiger partial charge is 0.381 e. The number of nitrogens with zero attached hydrogens (tertiary/aromatic N) is 5. The summed E-state index contributed by atoms with van der Waals surface area (Å²) in [6.07, 6.45) is 3.16. The fraction of sp³-hybridized carbons (Fsp3) is 0. The zero-order valence-electron chi connectivity index (χ0n) is 6.12. The van der Waals surface area contributed by atoms with Crippen LogP contribution in [0.4, 0.5) is 5.82 Å². The van der Waals surface area contributed by atoms with Crippen molar-refractivity contribution >= 4 is 5.82 Å². The zero-order chi connectivity index (χ0) is 8.39. The summed E-state index contributed by atoms with van der Waals surface area (Å²) in [5, 5.41) is 14.8. The van der Waals surface area contributed by atoms with Crippen LogP contribution in [0.25, 0.3) is 5.82 Å². The second kappa shape index (κ2) is 2.57. The minimum absolute atomic E-state index is 0.362. The van der Waals surface area contributed by atoms with E-state index in [0.29, 0.717) is 11.6 Å². The summed E-state index contributed by atoms with van der Waals surface area (Å²) in [5.41, 5.74) is 5.37. The van der Waals surface area contributed by atoms with Gasteiger partial charge < -0.3 is 5.73 Å². The van der Waals surface area contributed by atoms with Gasteiger partial charge in [0.2, 0.25) is 0 Å². The van der Waals surface area contributed by atoms with E-state index < -0.39 is 0 Å². The first-order chi connectivity index (χ1) is 5.86. The van der Waals surface area contributed by atoms with Gasteiger partial charge in [-0.05, 0) is 12.1 Å². The number of rotatable bonds is 1. The monoisotopic (exact) mass is 162 g/mol. The van der Waals surface area contributed by atoms with Crippen LogP contribution in [0.2, 0.25) is 0 Å². The Bertz CT molecular complexity index is 367. The third-order valence-electron chi connectivity index (χ3n) is 1.30. The molecule has 0 unspecified atom stereocenters. The Morgan fingerprint density at radius 3 is 2.83 bits per heavy atom. The van der Waals surface area contributed by atoms with Gasteiger partial charge in [-0.15, -0.1) is 10.2 Å². The molecule has 0 atom stereocenters. The highest BCUT2D eigenvalue weighted by atomic mass is 15.5. The van der Waals surface area contributed by atoms with Crippen molar-refractivity contribution in [2.24, 2.45) is 0 Å². The molecule has 2 rings (SSSR count). The van der Waals surface area contributed by atoms with Crippen molar-refractivity contribution in [3.63, 3.8) is 0 Å². The van der Waals surface area contributed by atoms with Crippen molar-refractivity contribution in [3.8, 4) is 5.82 Å². The Labute approximate surface area is 68.0 Å². The van der Waals surface area contributed by atoms with Crippen LogP contribution in [0, 0.1) is 0 Å². The molecule has 0 saturated carbocycles. The molecule has 12 heavy (non-hydrogen) atoms. The number of hydrogen-bond donors (Lipinski definition) is 1. The van der Waals surface area contributed by atoms with E-state index >= 15 is 0 Å². The van der Waals surface area contributed by atoms with Crippen LogP contribution in [-0.4, -0.2) is 25.2 Å². The highest BCUT2D eigenvalue weighted by Gasteiger charge is 1.98. The van der Waals surface area contributed by atoms with E-state index in [1.165, 1.54) is 4.68 Å². The number of nitrogens with two attached hydrogens (primary N) is 1. The lowest BCUT2D eigenvalue weighted by Crippen LogP contribution is -1.98. The summed E-state index contributed by atoms with van der Waals surface area (Å²) in [6.45, 7) is 0. The number of anilines is 1. The lowest BCUT2D eigenvalue weighted by atomic mass is 10.5. The fourth-order valence-corrected chi connectivity index (χ4v) is 0.804. The van der Waals surface area contributed by atoms with Gasteiger partial charge in [0.25, 0.3) is 0 Å². The molecule has 0 amide bonds. The molecule has 0 aliphatic heterocycles. The quantitative estimate of drug-likeness (QED) is 0.619. The molecule has 0 radical (unpaired) electrons. The number of nitrogen functional groups attached to an aromatic ring is 1. The van der Waals surface area contributed by atoms with Gasteiger partial charge in [0.1, 0.15) is 0 Å². The highest BCUT2D eigenvalue weighted by Crippen LogP contribution is 2.00. The van der Waals surface area contributed by atoms with Gasteiger partial charge in [-0.3, -0.25) is 0 Å². The molecule has 60 valence electrons. The molecule has 2 N–H and O–H groups in total. The molecule has 0 aromatic carbocycles. The summed E-state index contributed by atoms with van der Waals surface area (Å²) in [4.78, 5) is 0. The van der Waals surface area contributed by atoms with Crippen LogP contribution >= 0.6 is 0 Å². The molecule has 0 bridgehead atoms. The fourth-order valence-electron chi connectivity index (χ4n) is 0.804. The number of hydrogen-bond acceptors (Lipinski definition) is 5. The molecule has 0 aliphatic carbocycles.